The second kappa shape index (κ2) is 6.62. The number of hydrogen-bond donors (Lipinski definition) is 1. The Morgan fingerprint density at radius 2 is 2.14 bits per heavy atom. The number of aromatic nitrogens is 2. The van der Waals surface area contributed by atoms with E-state index in [0.717, 1.165) is 35.1 Å². The number of rotatable bonds is 2. The molecule has 1 aliphatic heterocycles. The molecule has 1 atom stereocenters. The number of hydrogen-bond acceptors (Lipinski definition) is 4. The van der Waals surface area contributed by atoms with Crippen molar-refractivity contribution in [1.29, 1.82) is 0 Å². The van der Waals surface area contributed by atoms with Crippen LogP contribution in [0.3, 0.4) is 0 Å². The Bertz CT molecular complexity index is 658. The topological polar surface area (TPSA) is 58.1 Å². The first-order valence-electron chi connectivity index (χ1n) is 7.23. The Morgan fingerprint density at radius 1 is 1.36 bits per heavy atom. The molecule has 0 bridgehead atoms. The maximum atomic E-state index is 12.4. The third-order valence-electron chi connectivity index (χ3n) is 3.69. The predicted molar refractivity (Wildman–Crippen MR) is 88.7 cm³/mol. The molecule has 7 heteroatoms. The van der Waals surface area contributed by atoms with Gasteiger partial charge >= 0.3 is 6.03 Å². The first kappa shape index (κ1) is 15.2. The zero-order valence-corrected chi connectivity index (χ0v) is 13.8. The van der Waals surface area contributed by atoms with Gasteiger partial charge in [0.15, 0.2) is 0 Å². The van der Waals surface area contributed by atoms with Crippen LogP contribution in [0.25, 0.3) is 0 Å². The van der Waals surface area contributed by atoms with Crippen LogP contribution < -0.4 is 5.32 Å². The molecule has 5 nitrogen and oxygen atoms in total. The highest BCUT2D eigenvalue weighted by atomic mass is 35.5. The minimum absolute atomic E-state index is 0.0757. The molecule has 1 aromatic carbocycles. The van der Waals surface area contributed by atoms with E-state index in [2.05, 4.69) is 15.5 Å². The van der Waals surface area contributed by atoms with Gasteiger partial charge in [0.05, 0.1) is 0 Å². The molecule has 0 aliphatic carbocycles. The Kier molecular flexibility index (Phi) is 4.59. The van der Waals surface area contributed by atoms with Crippen LogP contribution in [0, 0.1) is 6.92 Å². The van der Waals surface area contributed by atoms with E-state index >= 15 is 0 Å². The first-order valence-corrected chi connectivity index (χ1v) is 8.43. The van der Waals surface area contributed by atoms with Crippen molar-refractivity contribution >= 4 is 34.7 Å². The third-order valence-corrected chi connectivity index (χ3v) is 4.95. The van der Waals surface area contributed by atoms with Crippen molar-refractivity contribution < 1.29 is 4.79 Å². The lowest BCUT2D eigenvalue weighted by Gasteiger charge is -2.31. The summed E-state index contributed by atoms with van der Waals surface area (Å²) in [6.45, 7) is 3.41. The highest BCUT2D eigenvalue weighted by Crippen LogP contribution is 2.29. The van der Waals surface area contributed by atoms with Crippen LogP contribution in [0.1, 0.15) is 28.8 Å². The minimum Gasteiger partial charge on any atom is -0.324 e. The number of carbonyl (C=O) groups is 1. The van der Waals surface area contributed by atoms with Crippen molar-refractivity contribution in [2.24, 2.45) is 0 Å². The summed E-state index contributed by atoms with van der Waals surface area (Å²) in [6.07, 6.45) is 2.04. The molecule has 0 saturated carbocycles. The zero-order chi connectivity index (χ0) is 15.5. The van der Waals surface area contributed by atoms with Gasteiger partial charge in [-0.05, 0) is 44.0 Å². The summed E-state index contributed by atoms with van der Waals surface area (Å²) in [4.78, 5) is 14.2. The summed E-state index contributed by atoms with van der Waals surface area (Å²) in [6, 6.07) is 7.06. The number of nitrogens with one attached hydrogen (secondary N) is 1. The lowest BCUT2D eigenvalue weighted by atomic mass is 9.99. The molecule has 1 saturated heterocycles. The average molecular weight is 337 g/mol. The summed E-state index contributed by atoms with van der Waals surface area (Å²) in [5, 5.41) is 13.9. The second-order valence-electron chi connectivity index (χ2n) is 5.38. The Labute approximate surface area is 138 Å². The molecule has 1 fully saturated rings. The van der Waals surface area contributed by atoms with Crippen LogP contribution in [0.5, 0.6) is 0 Å². The predicted octanol–water partition coefficient (Wildman–Crippen LogP) is 3.91. The van der Waals surface area contributed by atoms with Crippen molar-refractivity contribution in [3.05, 3.63) is 39.3 Å². The number of halogens is 1. The van der Waals surface area contributed by atoms with E-state index in [1.54, 1.807) is 35.6 Å². The molecular weight excluding hydrogens is 320 g/mol. The summed E-state index contributed by atoms with van der Waals surface area (Å²) in [7, 11) is 0. The SMILES string of the molecule is Cc1nnc(C2CCCN(C(=O)Nc3ccc(Cl)cc3)C2)s1. The molecule has 1 N–H and O–H groups in total. The molecule has 22 heavy (non-hydrogen) atoms. The molecule has 0 radical (unpaired) electrons. The van der Waals surface area contributed by atoms with Gasteiger partial charge < -0.3 is 10.2 Å². The van der Waals surface area contributed by atoms with E-state index < -0.39 is 0 Å². The average Bonchev–Trinajstić information content (AvgIpc) is 2.96. The molecule has 3 rings (SSSR count). The number of likely N-dealkylation sites (tertiary alicyclic amines) is 1. The fourth-order valence-corrected chi connectivity index (χ4v) is 3.53. The molecule has 1 aromatic heterocycles. The normalized spacial score (nSPS) is 18.3. The van der Waals surface area contributed by atoms with Crippen molar-refractivity contribution in [2.45, 2.75) is 25.7 Å². The monoisotopic (exact) mass is 336 g/mol. The Morgan fingerprint density at radius 3 is 2.82 bits per heavy atom. The lowest BCUT2D eigenvalue weighted by molar-refractivity contribution is 0.192. The van der Waals surface area contributed by atoms with Crippen LogP contribution in [-0.4, -0.2) is 34.2 Å². The maximum Gasteiger partial charge on any atom is 0.321 e. The molecule has 2 amide bonds. The van der Waals surface area contributed by atoms with Crippen molar-refractivity contribution in [1.82, 2.24) is 15.1 Å². The first-order chi connectivity index (χ1) is 10.6. The van der Waals surface area contributed by atoms with Crippen LogP contribution in [-0.2, 0) is 0 Å². The van der Waals surface area contributed by atoms with E-state index in [1.807, 2.05) is 11.8 Å². The number of piperidine rings is 1. The number of aryl methyl sites for hydroxylation is 1. The largest absolute Gasteiger partial charge is 0.324 e. The van der Waals surface area contributed by atoms with Gasteiger partial charge in [0.25, 0.3) is 0 Å². The van der Waals surface area contributed by atoms with E-state index in [1.165, 1.54) is 0 Å². The number of nitrogens with zero attached hydrogens (tertiary/aromatic N) is 3. The third kappa shape index (κ3) is 3.56. The van der Waals surface area contributed by atoms with Crippen LogP contribution >= 0.6 is 22.9 Å². The Hall–Kier alpha value is -1.66. The molecule has 1 unspecified atom stereocenters. The van der Waals surface area contributed by atoms with Gasteiger partial charge in [-0.3, -0.25) is 0 Å². The fraction of sp³-hybridized carbons (Fsp3) is 0.400. The maximum absolute atomic E-state index is 12.4. The van der Waals surface area contributed by atoms with Gasteiger partial charge in [-0.25, -0.2) is 4.79 Å². The van der Waals surface area contributed by atoms with E-state index in [9.17, 15) is 4.79 Å². The zero-order valence-electron chi connectivity index (χ0n) is 12.3. The minimum atomic E-state index is -0.0757. The summed E-state index contributed by atoms with van der Waals surface area (Å²) < 4.78 is 0. The smallest absolute Gasteiger partial charge is 0.321 e. The van der Waals surface area contributed by atoms with Crippen molar-refractivity contribution in [3.63, 3.8) is 0 Å². The summed E-state index contributed by atoms with van der Waals surface area (Å²) in [5.41, 5.74) is 0.753. The van der Waals surface area contributed by atoms with E-state index in [-0.39, 0.29) is 11.9 Å². The molecular formula is C15H17ClN4OS. The molecule has 2 heterocycles. The van der Waals surface area contributed by atoms with Gasteiger partial charge in [0.1, 0.15) is 10.0 Å². The molecule has 1 aliphatic rings. The van der Waals surface area contributed by atoms with E-state index in [4.69, 9.17) is 11.6 Å². The second-order valence-corrected chi connectivity index (χ2v) is 7.03. The number of urea groups is 1. The van der Waals surface area contributed by atoms with Crippen LogP contribution in [0.15, 0.2) is 24.3 Å². The van der Waals surface area contributed by atoms with Crippen LogP contribution in [0.2, 0.25) is 5.02 Å². The standard InChI is InChI=1S/C15H17ClN4OS/c1-10-18-19-14(22-10)11-3-2-8-20(9-11)15(21)17-13-6-4-12(16)5-7-13/h4-7,11H,2-3,8-9H2,1H3,(H,17,21). The number of amides is 2. The van der Waals surface area contributed by atoms with Gasteiger partial charge in [0.2, 0.25) is 0 Å². The van der Waals surface area contributed by atoms with Gasteiger partial charge in [-0.1, -0.05) is 11.6 Å². The lowest BCUT2D eigenvalue weighted by Crippen LogP contribution is -2.41. The quantitative estimate of drug-likeness (QED) is 0.904. The molecule has 2 aromatic rings. The number of anilines is 1. The van der Waals surface area contributed by atoms with Crippen LogP contribution in [0.4, 0.5) is 10.5 Å². The Balaban J connectivity index is 1.63. The van der Waals surface area contributed by atoms with Gasteiger partial charge in [-0.2, -0.15) is 0 Å². The number of carbonyl (C=O) groups excluding carboxylic acids is 1. The van der Waals surface area contributed by atoms with E-state index in [0.29, 0.717) is 11.6 Å². The summed E-state index contributed by atoms with van der Waals surface area (Å²) >= 11 is 7.47. The molecule has 116 valence electrons. The number of benzene rings is 1. The summed E-state index contributed by atoms with van der Waals surface area (Å²) in [5.74, 6) is 0.288. The van der Waals surface area contributed by atoms with Gasteiger partial charge in [-0.15, -0.1) is 21.5 Å². The molecule has 0 spiro atoms. The highest BCUT2D eigenvalue weighted by Gasteiger charge is 2.27. The van der Waals surface area contributed by atoms with Gasteiger partial charge in [0, 0.05) is 29.7 Å². The van der Waals surface area contributed by atoms with Crippen molar-refractivity contribution in [2.75, 3.05) is 18.4 Å². The van der Waals surface area contributed by atoms with Crippen molar-refractivity contribution in [3.8, 4) is 0 Å². The highest BCUT2D eigenvalue weighted by molar-refractivity contribution is 7.11. The fourth-order valence-electron chi connectivity index (χ4n) is 2.58.